The number of hydrogen-bond acceptors (Lipinski definition) is 2. The Kier molecular flexibility index (Phi) is 4.07. The van der Waals surface area contributed by atoms with Crippen molar-refractivity contribution in [2.45, 2.75) is 19.9 Å². The van der Waals surface area contributed by atoms with Gasteiger partial charge in [-0.2, -0.15) is 0 Å². The molecule has 0 radical (unpaired) electrons. The molecule has 3 nitrogen and oxygen atoms in total. The highest BCUT2D eigenvalue weighted by Gasteiger charge is 2.02. The fourth-order valence-electron chi connectivity index (χ4n) is 1.66. The van der Waals surface area contributed by atoms with Crippen molar-refractivity contribution in [1.82, 2.24) is 10.3 Å². The Bertz CT molecular complexity index is 506. The summed E-state index contributed by atoms with van der Waals surface area (Å²) in [6.07, 6.45) is 3.79. The highest BCUT2D eigenvalue weighted by molar-refractivity contribution is 5.78. The molecular weight excluding hydrogens is 224 g/mol. The minimum atomic E-state index is 0.0294. The second kappa shape index (κ2) is 5.96. The predicted octanol–water partition coefficient (Wildman–Crippen LogP) is 2.25. The lowest BCUT2D eigenvalue weighted by Crippen LogP contribution is -2.24. The summed E-state index contributed by atoms with van der Waals surface area (Å²) in [6.45, 7) is 2.62. The number of nitrogens with zero attached hydrogens (tertiary/aromatic N) is 1. The number of aryl methyl sites for hydroxylation is 1. The zero-order chi connectivity index (χ0) is 12.8. The van der Waals surface area contributed by atoms with E-state index in [1.165, 1.54) is 5.56 Å². The molecule has 0 saturated heterocycles. The number of amides is 1. The number of carbonyl (C=O) groups is 1. The standard InChI is InChI=1S/C15H16N2O/c1-12-2-4-14(5-3-12)11-17-15(18)10-13-6-8-16-9-7-13/h2-9H,10-11H2,1H3,(H,17,18). The third-order valence-corrected chi connectivity index (χ3v) is 2.72. The van der Waals surface area contributed by atoms with E-state index in [1.54, 1.807) is 12.4 Å². The molecule has 92 valence electrons. The third kappa shape index (κ3) is 3.70. The molecule has 1 heterocycles. The smallest absolute Gasteiger partial charge is 0.224 e. The van der Waals surface area contributed by atoms with Gasteiger partial charge in [0.2, 0.25) is 5.91 Å². The van der Waals surface area contributed by atoms with Crippen molar-refractivity contribution in [3.63, 3.8) is 0 Å². The van der Waals surface area contributed by atoms with Gasteiger partial charge in [0.1, 0.15) is 0 Å². The quantitative estimate of drug-likeness (QED) is 0.890. The largest absolute Gasteiger partial charge is 0.352 e. The van der Waals surface area contributed by atoms with Gasteiger partial charge in [0.15, 0.2) is 0 Å². The molecule has 3 heteroatoms. The molecule has 0 spiro atoms. The average molecular weight is 240 g/mol. The van der Waals surface area contributed by atoms with Crippen LogP contribution in [0.4, 0.5) is 0 Å². The molecule has 0 atom stereocenters. The molecule has 0 aliphatic heterocycles. The van der Waals surface area contributed by atoms with Gasteiger partial charge >= 0.3 is 0 Å². The Morgan fingerprint density at radius 3 is 2.39 bits per heavy atom. The molecule has 1 aromatic heterocycles. The van der Waals surface area contributed by atoms with E-state index in [1.807, 2.05) is 43.3 Å². The molecule has 18 heavy (non-hydrogen) atoms. The Labute approximate surface area is 107 Å². The van der Waals surface area contributed by atoms with Gasteiger partial charge in [0.05, 0.1) is 6.42 Å². The van der Waals surface area contributed by atoms with Crippen LogP contribution in [0.5, 0.6) is 0 Å². The van der Waals surface area contributed by atoms with E-state index in [-0.39, 0.29) is 5.91 Å². The highest BCUT2D eigenvalue weighted by atomic mass is 16.1. The summed E-state index contributed by atoms with van der Waals surface area (Å²) in [5.41, 5.74) is 3.32. The lowest BCUT2D eigenvalue weighted by atomic mass is 10.1. The number of aromatic nitrogens is 1. The van der Waals surface area contributed by atoms with Crippen LogP contribution in [0.15, 0.2) is 48.8 Å². The van der Waals surface area contributed by atoms with Crippen LogP contribution >= 0.6 is 0 Å². The molecule has 0 bridgehead atoms. The molecule has 2 aromatic rings. The number of rotatable bonds is 4. The molecule has 0 aliphatic carbocycles. The van der Waals surface area contributed by atoms with Crippen LogP contribution in [-0.4, -0.2) is 10.9 Å². The van der Waals surface area contributed by atoms with Gasteiger partial charge < -0.3 is 5.32 Å². The van der Waals surface area contributed by atoms with Crippen molar-refractivity contribution in [3.8, 4) is 0 Å². The second-order valence-corrected chi connectivity index (χ2v) is 4.29. The van der Waals surface area contributed by atoms with Crippen molar-refractivity contribution < 1.29 is 4.79 Å². The maximum absolute atomic E-state index is 11.7. The Morgan fingerprint density at radius 2 is 1.72 bits per heavy atom. The maximum Gasteiger partial charge on any atom is 0.224 e. The summed E-state index contributed by atoms with van der Waals surface area (Å²) in [7, 11) is 0. The van der Waals surface area contributed by atoms with E-state index in [9.17, 15) is 4.79 Å². The zero-order valence-electron chi connectivity index (χ0n) is 10.4. The van der Waals surface area contributed by atoms with Crippen molar-refractivity contribution in [2.75, 3.05) is 0 Å². The van der Waals surface area contributed by atoms with E-state index in [0.717, 1.165) is 11.1 Å². The molecule has 1 amide bonds. The van der Waals surface area contributed by atoms with Gasteiger partial charge in [0.25, 0.3) is 0 Å². The van der Waals surface area contributed by atoms with Crippen LogP contribution in [-0.2, 0) is 17.8 Å². The Balaban J connectivity index is 1.83. The fourth-order valence-corrected chi connectivity index (χ4v) is 1.66. The molecule has 2 rings (SSSR count). The number of carbonyl (C=O) groups excluding carboxylic acids is 1. The molecular formula is C15H16N2O. The van der Waals surface area contributed by atoms with Crippen molar-refractivity contribution in [3.05, 3.63) is 65.5 Å². The van der Waals surface area contributed by atoms with Gasteiger partial charge in [-0.05, 0) is 30.2 Å². The van der Waals surface area contributed by atoms with E-state index in [4.69, 9.17) is 0 Å². The lowest BCUT2D eigenvalue weighted by molar-refractivity contribution is -0.120. The van der Waals surface area contributed by atoms with Gasteiger partial charge in [-0.15, -0.1) is 0 Å². The van der Waals surface area contributed by atoms with E-state index in [0.29, 0.717) is 13.0 Å². The van der Waals surface area contributed by atoms with E-state index in [2.05, 4.69) is 10.3 Å². The molecule has 1 aromatic carbocycles. The highest BCUT2D eigenvalue weighted by Crippen LogP contribution is 2.03. The van der Waals surface area contributed by atoms with E-state index >= 15 is 0 Å². The Morgan fingerprint density at radius 1 is 1.06 bits per heavy atom. The van der Waals surface area contributed by atoms with Crippen LogP contribution in [0.3, 0.4) is 0 Å². The first kappa shape index (κ1) is 12.3. The lowest BCUT2D eigenvalue weighted by Gasteiger charge is -2.05. The second-order valence-electron chi connectivity index (χ2n) is 4.29. The minimum absolute atomic E-state index is 0.0294. The van der Waals surface area contributed by atoms with E-state index < -0.39 is 0 Å². The van der Waals surface area contributed by atoms with Gasteiger partial charge in [-0.25, -0.2) is 0 Å². The van der Waals surface area contributed by atoms with Gasteiger partial charge in [0, 0.05) is 18.9 Å². The van der Waals surface area contributed by atoms with Crippen LogP contribution in [0.2, 0.25) is 0 Å². The third-order valence-electron chi connectivity index (χ3n) is 2.72. The van der Waals surface area contributed by atoms with Gasteiger partial charge in [-0.1, -0.05) is 29.8 Å². The average Bonchev–Trinajstić information content (AvgIpc) is 2.39. The number of benzene rings is 1. The van der Waals surface area contributed by atoms with Crippen molar-refractivity contribution in [2.24, 2.45) is 0 Å². The molecule has 0 fully saturated rings. The molecule has 1 N–H and O–H groups in total. The Hall–Kier alpha value is -2.16. The summed E-state index contributed by atoms with van der Waals surface area (Å²) in [4.78, 5) is 15.6. The first-order valence-electron chi connectivity index (χ1n) is 5.95. The van der Waals surface area contributed by atoms with Gasteiger partial charge in [-0.3, -0.25) is 9.78 Å². The zero-order valence-corrected chi connectivity index (χ0v) is 10.4. The number of hydrogen-bond donors (Lipinski definition) is 1. The molecule has 0 unspecified atom stereocenters. The fraction of sp³-hybridized carbons (Fsp3) is 0.200. The summed E-state index contributed by atoms with van der Waals surface area (Å²) >= 11 is 0. The summed E-state index contributed by atoms with van der Waals surface area (Å²) in [6, 6.07) is 11.9. The first-order chi connectivity index (χ1) is 8.74. The summed E-state index contributed by atoms with van der Waals surface area (Å²) in [5, 5.41) is 2.91. The molecule has 0 saturated carbocycles. The van der Waals surface area contributed by atoms with Crippen LogP contribution in [0.1, 0.15) is 16.7 Å². The number of nitrogens with one attached hydrogen (secondary N) is 1. The maximum atomic E-state index is 11.7. The van der Waals surface area contributed by atoms with Crippen LogP contribution in [0, 0.1) is 6.92 Å². The topological polar surface area (TPSA) is 42.0 Å². The molecule has 0 aliphatic rings. The van der Waals surface area contributed by atoms with Crippen molar-refractivity contribution in [1.29, 1.82) is 0 Å². The van der Waals surface area contributed by atoms with Crippen molar-refractivity contribution >= 4 is 5.91 Å². The first-order valence-corrected chi connectivity index (χ1v) is 5.95. The monoisotopic (exact) mass is 240 g/mol. The SMILES string of the molecule is Cc1ccc(CNC(=O)Cc2ccncc2)cc1. The summed E-state index contributed by atoms with van der Waals surface area (Å²) in [5.74, 6) is 0.0294. The van der Waals surface area contributed by atoms with Crippen LogP contribution in [0.25, 0.3) is 0 Å². The predicted molar refractivity (Wildman–Crippen MR) is 71.0 cm³/mol. The normalized spacial score (nSPS) is 10.1. The number of pyridine rings is 1. The summed E-state index contributed by atoms with van der Waals surface area (Å²) < 4.78 is 0. The minimum Gasteiger partial charge on any atom is -0.352 e. The van der Waals surface area contributed by atoms with Crippen LogP contribution < -0.4 is 5.32 Å².